The highest BCUT2D eigenvalue weighted by molar-refractivity contribution is 5.16. The minimum atomic E-state index is 0.402. The molecule has 0 unspecified atom stereocenters. The molecule has 1 heterocycles. The molecule has 0 saturated carbocycles. The van der Waals surface area contributed by atoms with Gasteiger partial charge in [0.1, 0.15) is 0 Å². The molecule has 7 nitrogen and oxygen atoms in total. The maximum Gasteiger partial charge on any atom is 0.315 e. The number of aromatic nitrogens is 2. The zero-order valence-corrected chi connectivity index (χ0v) is 9.44. The van der Waals surface area contributed by atoms with Gasteiger partial charge in [-0.25, -0.2) is 0 Å². The van der Waals surface area contributed by atoms with E-state index in [4.69, 9.17) is 19.6 Å². The Morgan fingerprint density at radius 1 is 1.31 bits per heavy atom. The van der Waals surface area contributed by atoms with Crippen LogP contribution in [0.25, 0.3) is 0 Å². The van der Waals surface area contributed by atoms with Gasteiger partial charge in [0.2, 0.25) is 5.89 Å². The zero-order valence-electron chi connectivity index (χ0n) is 9.44. The van der Waals surface area contributed by atoms with Crippen molar-refractivity contribution >= 4 is 6.01 Å². The Morgan fingerprint density at radius 3 is 2.94 bits per heavy atom. The molecule has 92 valence electrons. The van der Waals surface area contributed by atoms with Gasteiger partial charge >= 0.3 is 6.01 Å². The molecular weight excluding hydrogens is 212 g/mol. The molecule has 0 saturated heterocycles. The minimum Gasteiger partial charge on any atom is -0.408 e. The minimum absolute atomic E-state index is 0.402. The highest BCUT2D eigenvalue weighted by Gasteiger charge is 2.03. The van der Waals surface area contributed by atoms with Crippen molar-refractivity contribution in [3.8, 4) is 0 Å². The summed E-state index contributed by atoms with van der Waals surface area (Å²) in [5.41, 5.74) is 5.36. The van der Waals surface area contributed by atoms with Crippen LogP contribution in [0.2, 0.25) is 0 Å². The molecule has 0 aliphatic carbocycles. The largest absolute Gasteiger partial charge is 0.408 e. The van der Waals surface area contributed by atoms with Crippen molar-refractivity contribution in [1.29, 1.82) is 0 Å². The van der Waals surface area contributed by atoms with Gasteiger partial charge in [-0.2, -0.15) is 0 Å². The second-order valence-corrected chi connectivity index (χ2v) is 3.07. The lowest BCUT2D eigenvalue weighted by atomic mass is 10.4. The molecule has 0 radical (unpaired) electrons. The van der Waals surface area contributed by atoms with Crippen LogP contribution in [0.15, 0.2) is 4.42 Å². The van der Waals surface area contributed by atoms with Gasteiger partial charge in [-0.3, -0.25) is 0 Å². The van der Waals surface area contributed by atoms with Crippen LogP contribution in [0.1, 0.15) is 5.89 Å². The predicted molar refractivity (Wildman–Crippen MR) is 58.2 cm³/mol. The Balaban J connectivity index is 2.07. The SMILES string of the molecule is COCCOCCNc1nnc(CCN)o1. The van der Waals surface area contributed by atoms with Crippen molar-refractivity contribution in [2.75, 3.05) is 45.3 Å². The Kier molecular flexibility index (Phi) is 6.47. The monoisotopic (exact) mass is 230 g/mol. The quantitative estimate of drug-likeness (QED) is 0.559. The Hall–Kier alpha value is -1.18. The standard InChI is InChI=1S/C9H18N4O3/c1-14-6-7-15-5-4-11-9-13-12-8(16-9)2-3-10/h2-7,10H2,1H3,(H,11,13). The topological polar surface area (TPSA) is 95.4 Å². The molecule has 0 fully saturated rings. The Morgan fingerprint density at radius 2 is 2.19 bits per heavy atom. The van der Waals surface area contributed by atoms with E-state index in [1.54, 1.807) is 7.11 Å². The first-order valence-electron chi connectivity index (χ1n) is 5.20. The van der Waals surface area contributed by atoms with Gasteiger partial charge in [0.15, 0.2) is 0 Å². The summed E-state index contributed by atoms with van der Waals surface area (Å²) in [6.07, 6.45) is 0.596. The molecule has 0 spiro atoms. The fourth-order valence-corrected chi connectivity index (χ4v) is 1.02. The molecule has 16 heavy (non-hydrogen) atoms. The fraction of sp³-hybridized carbons (Fsp3) is 0.778. The van der Waals surface area contributed by atoms with Crippen LogP contribution in [-0.4, -0.2) is 50.2 Å². The van der Waals surface area contributed by atoms with Crippen molar-refractivity contribution in [2.45, 2.75) is 6.42 Å². The second kappa shape index (κ2) is 8.03. The van der Waals surface area contributed by atoms with Gasteiger partial charge in [-0.15, -0.1) is 5.10 Å². The second-order valence-electron chi connectivity index (χ2n) is 3.07. The summed E-state index contributed by atoms with van der Waals surface area (Å²) >= 11 is 0. The van der Waals surface area contributed by atoms with E-state index in [0.717, 1.165) is 0 Å². The average molecular weight is 230 g/mol. The van der Waals surface area contributed by atoms with Crippen LogP contribution in [0.4, 0.5) is 6.01 Å². The van der Waals surface area contributed by atoms with E-state index in [1.807, 2.05) is 0 Å². The van der Waals surface area contributed by atoms with Crippen LogP contribution in [-0.2, 0) is 15.9 Å². The number of nitrogens with two attached hydrogens (primary N) is 1. The van der Waals surface area contributed by atoms with E-state index in [1.165, 1.54) is 0 Å². The lowest BCUT2D eigenvalue weighted by Crippen LogP contribution is -2.12. The van der Waals surface area contributed by atoms with Gasteiger partial charge in [0.05, 0.1) is 19.8 Å². The maximum atomic E-state index is 5.36. The third-order valence-electron chi connectivity index (χ3n) is 1.78. The third kappa shape index (κ3) is 5.06. The van der Waals surface area contributed by atoms with Crippen LogP contribution in [0.3, 0.4) is 0 Å². The predicted octanol–water partition coefficient (Wildman–Crippen LogP) is -0.354. The number of nitrogens with one attached hydrogen (secondary N) is 1. The van der Waals surface area contributed by atoms with Crippen LogP contribution in [0, 0.1) is 0 Å². The molecule has 0 aromatic carbocycles. The zero-order chi connectivity index (χ0) is 11.6. The molecule has 1 aromatic heterocycles. The van der Waals surface area contributed by atoms with Crippen LogP contribution >= 0.6 is 0 Å². The summed E-state index contributed by atoms with van der Waals surface area (Å²) in [5.74, 6) is 0.547. The van der Waals surface area contributed by atoms with Gasteiger partial charge in [-0.05, 0) is 0 Å². The van der Waals surface area contributed by atoms with E-state index in [9.17, 15) is 0 Å². The molecule has 0 aliphatic heterocycles. The van der Waals surface area contributed by atoms with Crippen LogP contribution in [0.5, 0.6) is 0 Å². The number of hydrogen-bond donors (Lipinski definition) is 2. The molecule has 0 amide bonds. The summed E-state index contributed by atoms with van der Waals surface area (Å²) in [6, 6.07) is 0.402. The van der Waals surface area contributed by atoms with E-state index in [2.05, 4.69) is 15.5 Å². The summed E-state index contributed by atoms with van der Waals surface area (Å²) in [5, 5.41) is 10.6. The number of ether oxygens (including phenoxy) is 2. The fourth-order valence-electron chi connectivity index (χ4n) is 1.02. The molecule has 0 aliphatic rings. The normalized spacial score (nSPS) is 10.6. The first-order chi connectivity index (χ1) is 7.86. The lowest BCUT2D eigenvalue weighted by molar-refractivity contribution is 0.0757. The van der Waals surface area contributed by atoms with E-state index in [0.29, 0.717) is 51.2 Å². The average Bonchev–Trinajstić information content (AvgIpc) is 2.72. The summed E-state index contributed by atoms with van der Waals surface area (Å²) < 4.78 is 15.3. The molecular formula is C9H18N4O3. The number of rotatable bonds is 9. The molecule has 7 heteroatoms. The van der Waals surface area contributed by atoms with Gasteiger partial charge in [0, 0.05) is 26.6 Å². The number of anilines is 1. The van der Waals surface area contributed by atoms with Gasteiger partial charge < -0.3 is 24.9 Å². The van der Waals surface area contributed by atoms with E-state index < -0.39 is 0 Å². The first-order valence-corrected chi connectivity index (χ1v) is 5.20. The summed E-state index contributed by atoms with van der Waals surface area (Å²) in [4.78, 5) is 0. The third-order valence-corrected chi connectivity index (χ3v) is 1.78. The molecule has 1 rings (SSSR count). The smallest absolute Gasteiger partial charge is 0.315 e. The molecule has 1 aromatic rings. The van der Waals surface area contributed by atoms with Crippen molar-refractivity contribution in [3.63, 3.8) is 0 Å². The highest BCUT2D eigenvalue weighted by Crippen LogP contribution is 2.04. The summed E-state index contributed by atoms with van der Waals surface area (Å²) in [6.45, 7) is 2.87. The number of hydrogen-bond acceptors (Lipinski definition) is 7. The molecule has 0 atom stereocenters. The number of methoxy groups -OCH3 is 1. The molecule has 0 bridgehead atoms. The van der Waals surface area contributed by atoms with Crippen molar-refractivity contribution in [3.05, 3.63) is 5.89 Å². The van der Waals surface area contributed by atoms with Crippen molar-refractivity contribution in [1.82, 2.24) is 10.2 Å². The van der Waals surface area contributed by atoms with E-state index >= 15 is 0 Å². The van der Waals surface area contributed by atoms with Gasteiger partial charge in [0.25, 0.3) is 0 Å². The maximum absolute atomic E-state index is 5.36. The van der Waals surface area contributed by atoms with Crippen molar-refractivity contribution < 1.29 is 13.9 Å². The first kappa shape index (κ1) is 12.9. The number of nitrogens with zero attached hydrogens (tertiary/aromatic N) is 2. The molecule has 3 N–H and O–H groups in total. The van der Waals surface area contributed by atoms with Crippen molar-refractivity contribution in [2.24, 2.45) is 5.73 Å². The van der Waals surface area contributed by atoms with Gasteiger partial charge in [-0.1, -0.05) is 5.10 Å². The Labute approximate surface area is 94.3 Å². The Bertz CT molecular complexity index is 279. The summed E-state index contributed by atoms with van der Waals surface area (Å²) in [7, 11) is 1.64. The van der Waals surface area contributed by atoms with E-state index in [-0.39, 0.29) is 0 Å². The lowest BCUT2D eigenvalue weighted by Gasteiger charge is -2.03. The van der Waals surface area contributed by atoms with Crippen LogP contribution < -0.4 is 11.1 Å². The highest BCUT2D eigenvalue weighted by atomic mass is 16.5.